The third kappa shape index (κ3) is 15.2. The van der Waals surface area contributed by atoms with Gasteiger partial charge in [0.1, 0.15) is 0 Å². The van der Waals surface area contributed by atoms with Gasteiger partial charge < -0.3 is 34.2 Å². The van der Waals surface area contributed by atoms with Gasteiger partial charge in [-0.05, 0) is 249 Å². The molecule has 21 heteroatoms. The average Bonchev–Trinajstić information content (AvgIpc) is 1.84. The van der Waals surface area contributed by atoms with Crippen molar-refractivity contribution in [3.8, 4) is 0 Å². The van der Waals surface area contributed by atoms with E-state index in [0.717, 1.165) is 199 Å². The Morgan fingerprint density at radius 3 is 1.31 bits per heavy atom. The fourth-order valence-electron chi connectivity index (χ4n) is 15.7. The lowest BCUT2D eigenvalue weighted by Gasteiger charge is -2.43. The molecule has 6 aliphatic heterocycles. The highest BCUT2D eigenvalue weighted by Gasteiger charge is 2.40. The van der Waals surface area contributed by atoms with E-state index in [-0.39, 0.29) is 19.1 Å². The molecule has 87 heavy (non-hydrogen) atoms. The summed E-state index contributed by atoms with van der Waals surface area (Å²) in [5, 5.41) is 22.1. The van der Waals surface area contributed by atoms with Crippen LogP contribution in [0.4, 0.5) is 0 Å². The minimum atomic E-state index is -0.433. The lowest BCUT2D eigenvalue weighted by Crippen LogP contribution is -2.45. The molecule has 6 saturated heterocycles. The first kappa shape index (κ1) is 64.7. The fourth-order valence-corrected chi connectivity index (χ4v) is 16.9. The Morgan fingerprint density at radius 2 is 0.908 bits per heavy atom. The number of fused-ring (bicyclic) bond motifs is 4. The van der Waals surface area contributed by atoms with Crippen LogP contribution in [-0.2, 0) is 19.1 Å². The van der Waals surface area contributed by atoms with Gasteiger partial charge in [-0.3, -0.25) is 29.4 Å². The molecule has 0 radical (unpaired) electrons. The Bertz CT molecular complexity index is 3170. The fraction of sp³-hybridized carbons (Fsp3) is 0.561. The molecule has 12 rings (SSSR count). The van der Waals surface area contributed by atoms with Gasteiger partial charge in [0, 0.05) is 77.1 Å². The number of carbonyl (C=O) groups excluding carboxylic acids is 3. The van der Waals surface area contributed by atoms with E-state index in [4.69, 9.17) is 61.1 Å². The normalized spacial score (nSPS) is 22.7. The molecule has 0 bridgehead atoms. The van der Waals surface area contributed by atoms with Crippen molar-refractivity contribution in [2.24, 2.45) is 35.5 Å². The number of carbonyl (C=O) groups is 3. The van der Waals surface area contributed by atoms with E-state index in [1.54, 1.807) is 12.4 Å². The molecular formula is C66H83B2BrCl4N8O6. The second-order valence-electron chi connectivity index (χ2n) is 25.9. The van der Waals surface area contributed by atoms with Crippen molar-refractivity contribution in [3.05, 3.63) is 126 Å². The zero-order valence-electron chi connectivity index (χ0n) is 50.6. The standard InChI is InChI=1S/C34H43BCl2N4O4.C32H40BBrCl2N4O2/c1-35(44)41-15-5-22(6-16-41)17-31(42)39-11-7-23(8-12-39)24-9-13-40(14-10-24)33-28-4-3-26(36)18-25(28)19-30(34(43)45-2)29-20-27(37)21-38-32(29)33;1-33(42)40-14-4-21(5-15-40)16-30(41)38-10-6-22(7-11-38)23-8-12-39(13-9-23)32-27-3-2-25(35)17-24(27)18-29(34)28-19-26(36)20-37-31(28)32/h3-4,18-24,33,44H,5-17H2,1-2H3;2-3,17-23,32,42H,4-16H2,1H3. The van der Waals surface area contributed by atoms with E-state index >= 15 is 0 Å². The number of esters is 1. The summed E-state index contributed by atoms with van der Waals surface area (Å²) >= 11 is 29.4. The molecule has 0 spiro atoms. The van der Waals surface area contributed by atoms with Gasteiger partial charge in [-0.2, -0.15) is 0 Å². The second-order valence-corrected chi connectivity index (χ2v) is 28.5. The second kappa shape index (κ2) is 29.2. The van der Waals surface area contributed by atoms with E-state index in [0.29, 0.717) is 86.4 Å². The lowest BCUT2D eigenvalue weighted by molar-refractivity contribution is -0.135. The van der Waals surface area contributed by atoms with Gasteiger partial charge in [-0.1, -0.05) is 74.5 Å². The first-order valence-corrected chi connectivity index (χ1v) is 34.2. The smallest absolute Gasteiger partial charge is 0.376 e. The molecule has 8 aliphatic rings. The van der Waals surface area contributed by atoms with E-state index in [9.17, 15) is 24.4 Å². The van der Waals surface area contributed by atoms with Gasteiger partial charge in [0.2, 0.25) is 11.8 Å². The molecule has 4 aromatic rings. The molecule has 2 aliphatic carbocycles. The summed E-state index contributed by atoms with van der Waals surface area (Å²) in [5.74, 6) is 3.71. The molecule has 2 unspecified atom stereocenters. The third-order valence-corrected chi connectivity index (χ3v) is 22.3. The lowest BCUT2D eigenvalue weighted by atomic mass is 9.78. The van der Waals surface area contributed by atoms with E-state index in [2.05, 4.69) is 63.4 Å². The number of hydrogen-bond acceptors (Lipinski definition) is 12. The van der Waals surface area contributed by atoms with Crippen molar-refractivity contribution in [2.45, 2.75) is 116 Å². The van der Waals surface area contributed by atoms with Gasteiger partial charge in [0.25, 0.3) is 0 Å². The van der Waals surface area contributed by atoms with Gasteiger partial charge >= 0.3 is 20.1 Å². The Morgan fingerprint density at radius 1 is 0.529 bits per heavy atom. The van der Waals surface area contributed by atoms with Gasteiger partial charge in [-0.25, -0.2) is 4.79 Å². The van der Waals surface area contributed by atoms with E-state index in [1.807, 2.05) is 56.1 Å². The quantitative estimate of drug-likeness (QED) is 0.109. The number of aromatic nitrogens is 2. The van der Waals surface area contributed by atoms with Crippen molar-refractivity contribution in [3.63, 3.8) is 0 Å². The first-order valence-electron chi connectivity index (χ1n) is 31.9. The van der Waals surface area contributed by atoms with Crippen LogP contribution in [0.25, 0.3) is 22.2 Å². The highest BCUT2D eigenvalue weighted by atomic mass is 79.9. The number of halogens is 5. The van der Waals surface area contributed by atoms with Crippen molar-refractivity contribution >= 4 is 116 Å². The van der Waals surface area contributed by atoms with E-state index < -0.39 is 13.0 Å². The molecule has 0 saturated carbocycles. The Balaban J connectivity index is 0.000000181. The number of piperidine rings is 6. The monoisotopic (exact) mass is 1320 g/mol. The van der Waals surface area contributed by atoms with Crippen LogP contribution in [0.3, 0.4) is 0 Å². The number of hydrogen-bond donors (Lipinski definition) is 2. The van der Waals surface area contributed by atoms with Gasteiger partial charge in [0.05, 0.1) is 46.2 Å². The first-order chi connectivity index (χ1) is 42.0. The number of rotatable bonds is 11. The van der Waals surface area contributed by atoms with E-state index in [1.165, 1.54) is 12.7 Å². The summed E-state index contributed by atoms with van der Waals surface area (Å²) in [5.41, 5.74) is 8.28. The molecule has 2 aromatic carbocycles. The predicted octanol–water partition coefficient (Wildman–Crippen LogP) is 12.5. The van der Waals surface area contributed by atoms with Crippen LogP contribution in [0.1, 0.15) is 147 Å². The zero-order chi connectivity index (χ0) is 61.0. The average molecular weight is 1330 g/mol. The van der Waals surface area contributed by atoms with Crippen molar-refractivity contribution in [1.82, 2.24) is 39.2 Å². The molecule has 2 aromatic heterocycles. The third-order valence-electron chi connectivity index (χ3n) is 20.8. The molecule has 8 heterocycles. The summed E-state index contributed by atoms with van der Waals surface area (Å²) in [6.07, 6.45) is 21.5. The number of amides is 2. The molecule has 14 nitrogen and oxygen atoms in total. The van der Waals surface area contributed by atoms with Crippen LogP contribution in [0.2, 0.25) is 33.7 Å². The summed E-state index contributed by atoms with van der Waals surface area (Å²) in [7, 11) is 0.592. The number of pyridine rings is 2. The van der Waals surface area contributed by atoms with Crippen LogP contribution in [-0.4, -0.2) is 167 Å². The molecule has 464 valence electrons. The molecule has 6 fully saturated rings. The zero-order valence-corrected chi connectivity index (χ0v) is 55.2. The van der Waals surface area contributed by atoms with Crippen LogP contribution in [0.15, 0.2) is 60.9 Å². The number of nitrogens with zero attached hydrogens (tertiary/aromatic N) is 8. The number of likely N-dealkylation sites (tertiary alicyclic amines) is 4. The maximum absolute atomic E-state index is 13.1. The molecular weight excluding hydrogens is 1240 g/mol. The summed E-state index contributed by atoms with van der Waals surface area (Å²) in [6, 6.07) is 15.8. The van der Waals surface area contributed by atoms with Gasteiger partial charge in [0.15, 0.2) is 0 Å². The topological polar surface area (TPSA) is 146 Å². The molecule has 2 amide bonds. The summed E-state index contributed by atoms with van der Waals surface area (Å²) < 4.78 is 6.13. The van der Waals surface area contributed by atoms with Gasteiger partial charge in [-0.15, -0.1) is 0 Å². The largest absolute Gasteiger partial charge is 0.465 e. The Kier molecular flexibility index (Phi) is 21.7. The maximum Gasteiger partial charge on any atom is 0.376 e. The minimum Gasteiger partial charge on any atom is -0.465 e. The highest BCUT2D eigenvalue weighted by Crippen LogP contribution is 2.47. The van der Waals surface area contributed by atoms with Crippen molar-refractivity contribution in [2.75, 3.05) is 85.6 Å². The Hall–Kier alpha value is -3.84. The minimum absolute atomic E-state index is 0.0451. The van der Waals surface area contributed by atoms with Crippen LogP contribution in [0.5, 0.6) is 0 Å². The summed E-state index contributed by atoms with van der Waals surface area (Å²) in [4.78, 5) is 62.3. The number of ether oxygens (including phenoxy) is 1. The predicted molar refractivity (Wildman–Crippen MR) is 354 cm³/mol. The number of benzene rings is 2. The van der Waals surface area contributed by atoms with Crippen LogP contribution >= 0.6 is 62.3 Å². The Labute approximate surface area is 543 Å². The number of methoxy groups -OCH3 is 1. The van der Waals surface area contributed by atoms with Crippen LogP contribution < -0.4 is 0 Å². The highest BCUT2D eigenvalue weighted by molar-refractivity contribution is 9.15. The van der Waals surface area contributed by atoms with Crippen LogP contribution in [0, 0.1) is 35.5 Å². The summed E-state index contributed by atoms with van der Waals surface area (Å²) in [6.45, 7) is 14.5. The maximum atomic E-state index is 13.1. The van der Waals surface area contributed by atoms with Crippen molar-refractivity contribution in [1.29, 1.82) is 0 Å². The SMILES string of the molecule is CB(O)N1CCC(CC(=O)N2CCC(C3CCN(C4c5ccc(Cl)cc5C=C(Br)c5cc(Cl)cnc54)CC3)CC2)CC1.COC(=O)C1=Cc2cc(Cl)ccc2C(N2CCC(C3CCN(C(=O)CC4CCN(B(C)O)CC4)CC3)CC2)c2ncc(Cl)cc21. The van der Waals surface area contributed by atoms with Crippen molar-refractivity contribution < 1.29 is 29.2 Å². The molecule has 2 atom stereocenters. The molecule has 2 N–H and O–H groups in total.